The summed E-state index contributed by atoms with van der Waals surface area (Å²) in [5.41, 5.74) is 0.711. The molecule has 0 aromatic heterocycles. The highest BCUT2D eigenvalue weighted by molar-refractivity contribution is 5.45. The smallest absolute Gasteiger partial charge is 0.160 e. The Morgan fingerprint density at radius 1 is 1.37 bits per heavy atom. The third-order valence-corrected chi connectivity index (χ3v) is 3.62. The Balaban J connectivity index is 1.86. The van der Waals surface area contributed by atoms with E-state index in [1.54, 1.807) is 6.07 Å². The van der Waals surface area contributed by atoms with Crippen molar-refractivity contribution in [1.82, 2.24) is 10.2 Å². The molecule has 1 saturated heterocycles. The Kier molecular flexibility index (Phi) is 4.71. The van der Waals surface area contributed by atoms with Crippen molar-refractivity contribution in [3.05, 3.63) is 29.8 Å². The summed E-state index contributed by atoms with van der Waals surface area (Å²) in [4.78, 5) is 4.26. The molecule has 0 spiro atoms. The Labute approximate surface area is 113 Å². The average Bonchev–Trinajstić information content (AvgIpc) is 2.39. The zero-order chi connectivity index (χ0) is 13.8. The highest BCUT2D eigenvalue weighted by Crippen LogP contribution is 2.17. The van der Waals surface area contributed by atoms with Crippen LogP contribution < -0.4 is 10.2 Å². The molecule has 1 aromatic carbocycles. The monoisotopic (exact) mass is 269 g/mol. The Bertz CT molecular complexity index is 425. The number of nitrogens with one attached hydrogen (secondary N) is 1. The molecule has 1 aliphatic rings. The van der Waals surface area contributed by atoms with E-state index < -0.39 is 11.6 Å². The van der Waals surface area contributed by atoms with Gasteiger partial charge in [0, 0.05) is 51.0 Å². The molecule has 0 aliphatic carbocycles. The van der Waals surface area contributed by atoms with Crippen LogP contribution >= 0.6 is 0 Å². The van der Waals surface area contributed by atoms with Crippen molar-refractivity contribution in [2.75, 3.05) is 45.2 Å². The number of likely N-dealkylation sites (N-methyl/N-ethyl adjacent to an activating group) is 1. The molecule has 1 atom stereocenters. The predicted octanol–water partition coefficient (Wildman–Crippen LogP) is 1.69. The molecule has 2 rings (SSSR count). The van der Waals surface area contributed by atoms with Crippen molar-refractivity contribution in [2.24, 2.45) is 0 Å². The van der Waals surface area contributed by atoms with Gasteiger partial charge in [0.25, 0.3) is 0 Å². The topological polar surface area (TPSA) is 18.5 Å². The van der Waals surface area contributed by atoms with Crippen LogP contribution in [0.15, 0.2) is 18.2 Å². The standard InChI is InChI=1S/C14H21F2N3/c1-18-8-6-17-11(10-18)5-7-19(2)12-3-4-13(15)14(16)9-12/h3-4,9,11,17H,5-8,10H2,1-2H3. The molecule has 0 bridgehead atoms. The number of benzene rings is 1. The van der Waals surface area contributed by atoms with Gasteiger partial charge in [-0.15, -0.1) is 0 Å². The summed E-state index contributed by atoms with van der Waals surface area (Å²) in [5, 5.41) is 3.47. The molecule has 106 valence electrons. The Hall–Kier alpha value is -1.20. The van der Waals surface area contributed by atoms with E-state index in [0.717, 1.165) is 32.6 Å². The fourth-order valence-electron chi connectivity index (χ4n) is 2.39. The Morgan fingerprint density at radius 2 is 2.16 bits per heavy atom. The molecule has 3 nitrogen and oxygen atoms in total. The van der Waals surface area contributed by atoms with Gasteiger partial charge in [0.05, 0.1) is 0 Å². The first-order chi connectivity index (χ1) is 9.06. The number of piperazine rings is 1. The van der Waals surface area contributed by atoms with E-state index in [0.29, 0.717) is 11.7 Å². The maximum absolute atomic E-state index is 13.2. The van der Waals surface area contributed by atoms with Crippen LogP contribution in [-0.2, 0) is 0 Å². The lowest BCUT2D eigenvalue weighted by molar-refractivity contribution is 0.233. The molecule has 1 fully saturated rings. The van der Waals surface area contributed by atoms with Crippen molar-refractivity contribution in [1.29, 1.82) is 0 Å². The highest BCUT2D eigenvalue weighted by atomic mass is 19.2. The van der Waals surface area contributed by atoms with E-state index in [1.165, 1.54) is 12.1 Å². The normalized spacial score (nSPS) is 20.5. The van der Waals surface area contributed by atoms with Gasteiger partial charge in [-0.1, -0.05) is 0 Å². The van der Waals surface area contributed by atoms with Gasteiger partial charge < -0.3 is 15.1 Å². The molecule has 1 aromatic rings. The van der Waals surface area contributed by atoms with Gasteiger partial charge in [0.1, 0.15) is 0 Å². The van der Waals surface area contributed by atoms with Crippen molar-refractivity contribution in [2.45, 2.75) is 12.5 Å². The maximum atomic E-state index is 13.2. The van der Waals surface area contributed by atoms with E-state index in [-0.39, 0.29) is 0 Å². The van der Waals surface area contributed by atoms with Crippen LogP contribution in [0.25, 0.3) is 0 Å². The SMILES string of the molecule is CN1CCNC(CCN(C)c2ccc(F)c(F)c2)C1. The second kappa shape index (κ2) is 6.30. The van der Waals surface area contributed by atoms with Crippen LogP contribution in [-0.4, -0.2) is 51.2 Å². The molecular weight excluding hydrogens is 248 g/mol. The maximum Gasteiger partial charge on any atom is 0.160 e. The van der Waals surface area contributed by atoms with Gasteiger partial charge in [0.15, 0.2) is 11.6 Å². The van der Waals surface area contributed by atoms with Crippen molar-refractivity contribution >= 4 is 5.69 Å². The van der Waals surface area contributed by atoms with Crippen LogP contribution in [0.3, 0.4) is 0 Å². The Morgan fingerprint density at radius 3 is 2.84 bits per heavy atom. The fourth-order valence-corrected chi connectivity index (χ4v) is 2.39. The zero-order valence-corrected chi connectivity index (χ0v) is 11.5. The van der Waals surface area contributed by atoms with Crippen LogP contribution in [0.2, 0.25) is 0 Å². The van der Waals surface area contributed by atoms with Crippen LogP contribution in [0.1, 0.15) is 6.42 Å². The first-order valence-corrected chi connectivity index (χ1v) is 6.64. The summed E-state index contributed by atoms with van der Waals surface area (Å²) in [7, 11) is 4.02. The summed E-state index contributed by atoms with van der Waals surface area (Å²) in [5.74, 6) is -1.59. The summed E-state index contributed by atoms with van der Waals surface area (Å²) in [6.07, 6.45) is 0.986. The van der Waals surface area contributed by atoms with E-state index in [9.17, 15) is 8.78 Å². The van der Waals surface area contributed by atoms with Gasteiger partial charge >= 0.3 is 0 Å². The van der Waals surface area contributed by atoms with E-state index >= 15 is 0 Å². The second-order valence-electron chi connectivity index (χ2n) is 5.22. The number of anilines is 1. The van der Waals surface area contributed by atoms with Crippen molar-refractivity contribution in [3.63, 3.8) is 0 Å². The highest BCUT2D eigenvalue weighted by Gasteiger charge is 2.16. The van der Waals surface area contributed by atoms with E-state index in [1.807, 2.05) is 11.9 Å². The first kappa shape index (κ1) is 14.2. The third kappa shape index (κ3) is 3.88. The number of nitrogens with zero attached hydrogens (tertiary/aromatic N) is 2. The average molecular weight is 269 g/mol. The lowest BCUT2D eigenvalue weighted by Crippen LogP contribution is -2.49. The minimum Gasteiger partial charge on any atom is -0.374 e. The zero-order valence-electron chi connectivity index (χ0n) is 11.5. The second-order valence-corrected chi connectivity index (χ2v) is 5.22. The molecule has 19 heavy (non-hydrogen) atoms. The largest absolute Gasteiger partial charge is 0.374 e. The van der Waals surface area contributed by atoms with E-state index in [4.69, 9.17) is 0 Å². The van der Waals surface area contributed by atoms with Gasteiger partial charge in [-0.3, -0.25) is 0 Å². The minimum atomic E-state index is -0.798. The fraction of sp³-hybridized carbons (Fsp3) is 0.571. The molecule has 1 aliphatic heterocycles. The summed E-state index contributed by atoms with van der Waals surface area (Å²) in [6, 6.07) is 4.49. The predicted molar refractivity (Wildman–Crippen MR) is 73.5 cm³/mol. The van der Waals surface area contributed by atoms with Crippen LogP contribution in [0, 0.1) is 11.6 Å². The van der Waals surface area contributed by atoms with Gasteiger partial charge in [-0.2, -0.15) is 0 Å². The van der Waals surface area contributed by atoms with Crippen LogP contribution in [0.5, 0.6) is 0 Å². The molecule has 0 saturated carbocycles. The van der Waals surface area contributed by atoms with Gasteiger partial charge in [-0.25, -0.2) is 8.78 Å². The van der Waals surface area contributed by atoms with Crippen molar-refractivity contribution in [3.8, 4) is 0 Å². The molecule has 0 amide bonds. The third-order valence-electron chi connectivity index (χ3n) is 3.62. The van der Waals surface area contributed by atoms with Gasteiger partial charge in [-0.05, 0) is 25.6 Å². The van der Waals surface area contributed by atoms with Gasteiger partial charge in [0.2, 0.25) is 0 Å². The lowest BCUT2D eigenvalue weighted by Gasteiger charge is -2.32. The molecular formula is C14H21F2N3. The number of hydrogen-bond donors (Lipinski definition) is 1. The first-order valence-electron chi connectivity index (χ1n) is 6.64. The molecule has 5 heteroatoms. The summed E-state index contributed by atoms with van der Waals surface area (Å²) >= 11 is 0. The lowest BCUT2D eigenvalue weighted by atomic mass is 10.1. The van der Waals surface area contributed by atoms with E-state index in [2.05, 4.69) is 17.3 Å². The van der Waals surface area contributed by atoms with Crippen molar-refractivity contribution < 1.29 is 8.78 Å². The number of hydrogen-bond acceptors (Lipinski definition) is 3. The summed E-state index contributed by atoms with van der Waals surface area (Å²) in [6.45, 7) is 3.94. The number of halogens is 2. The molecule has 1 N–H and O–H groups in total. The molecule has 1 heterocycles. The molecule has 0 radical (unpaired) electrons. The molecule has 1 unspecified atom stereocenters. The minimum absolute atomic E-state index is 0.464. The summed E-state index contributed by atoms with van der Waals surface area (Å²) < 4.78 is 26.0. The number of rotatable bonds is 4. The quantitative estimate of drug-likeness (QED) is 0.897. The van der Waals surface area contributed by atoms with Crippen LogP contribution in [0.4, 0.5) is 14.5 Å².